The third kappa shape index (κ3) is 31.0. The van der Waals surface area contributed by atoms with Gasteiger partial charge in [-0.05, 0) is 163 Å². The molecule has 0 spiro atoms. The number of nitrogens with zero attached hydrogens (tertiary/aromatic N) is 12. The molecule has 718 valence electrons. The molecule has 11 heterocycles. The van der Waals surface area contributed by atoms with Gasteiger partial charge in [-0.3, -0.25) is 4.79 Å². The summed E-state index contributed by atoms with van der Waals surface area (Å²) in [6, 6.07) is 9.54. The van der Waals surface area contributed by atoms with Gasteiger partial charge in [-0.15, -0.1) is 20.4 Å². The van der Waals surface area contributed by atoms with E-state index in [9.17, 15) is 97.0 Å². The quantitative estimate of drug-likeness (QED) is 0.0581. The number of aliphatic hydroxyl groups excluding tert-OH is 1. The van der Waals surface area contributed by atoms with E-state index in [4.69, 9.17) is 64.0 Å². The average Bonchev–Trinajstić information content (AvgIpc) is 1.60. The molecule has 8 aromatic heterocycles. The molecule has 0 radical (unpaired) electrons. The van der Waals surface area contributed by atoms with Gasteiger partial charge in [-0.2, -0.15) is 50.0 Å². The fourth-order valence-electron chi connectivity index (χ4n) is 10.1. The number of hydrogen-bond donors (Lipinski definition) is 2. The van der Waals surface area contributed by atoms with Gasteiger partial charge in [0.1, 0.15) is 11.1 Å². The fraction of sp³-hybridized carbons (Fsp3) is 0.592. The topological polar surface area (TPSA) is 278 Å². The van der Waals surface area contributed by atoms with Crippen LogP contribution in [0, 0.1) is 58.8 Å². The van der Waals surface area contributed by atoms with Crippen molar-refractivity contribution in [3.63, 3.8) is 0 Å². The first kappa shape index (κ1) is 120. The second-order valence-electron chi connectivity index (χ2n) is 31.3. The number of aromatic nitrogens is 12. The molecule has 53 heteroatoms. The summed E-state index contributed by atoms with van der Waals surface area (Å²) in [6.07, 6.45) is -5.65. The molecule has 2 N–H and O–H groups in total. The molecule has 5 unspecified atom stereocenters. The number of carbonyl (C=O) groups is 1. The van der Waals surface area contributed by atoms with Crippen molar-refractivity contribution in [3.8, 4) is 28.9 Å². The van der Waals surface area contributed by atoms with Gasteiger partial charge in [0.2, 0.25) is 23.6 Å². The molecule has 16 rings (SSSR count). The molecule has 5 aliphatic carbocycles. The largest absolute Gasteiger partial charge is 1.00 e. The van der Waals surface area contributed by atoms with Crippen LogP contribution in [0.15, 0.2) is 82.3 Å². The molecule has 0 bridgehead atoms. The first-order valence-corrected chi connectivity index (χ1v) is 37.9. The molecule has 0 amide bonds. The van der Waals surface area contributed by atoms with Crippen LogP contribution in [0.1, 0.15) is 173 Å². The Morgan fingerprint density at radius 3 is 1.11 bits per heavy atom. The zero-order chi connectivity index (χ0) is 90.5. The summed E-state index contributed by atoms with van der Waals surface area (Å²) in [4.78, 5) is 24.0. The first-order valence-electron chi connectivity index (χ1n) is 35.9. The van der Waals surface area contributed by atoms with E-state index >= 15 is 0 Å². The van der Waals surface area contributed by atoms with Crippen molar-refractivity contribution in [1.29, 1.82) is 0 Å². The molecule has 8 aromatic rings. The number of hydrogen-bond acceptors (Lipinski definition) is 21. The van der Waals surface area contributed by atoms with Crippen molar-refractivity contribution in [3.05, 3.63) is 128 Å². The second kappa shape index (κ2) is 44.7. The SMILES string of the molecule is C.C.C.C.C.C.CC1(C)OB(B2OC(C)(C)C(C)(C)O2)OC1(C)C.CC1(C)OB(c2cnc(OCC3CC3(F)F)c(F)c2)OC1(C)C.FC(F)(F)c1nnc2ccc(Cl)nn12.Fc1cc(-c2ccc3nnc(C(F)(F)F)n3n2)cnc1OCC1CC1(F)F.Fc1cc(Br)cnc1F.Fc1cc(Br)cnc1OCC1CC1(F)F.O=C(O)C1CC1(F)F.OCC1CC1(F)F.[AlH3].[H-].[Li+]. The van der Waals surface area contributed by atoms with Gasteiger partial charge < -0.3 is 53.8 Å². The van der Waals surface area contributed by atoms with Crippen molar-refractivity contribution < 1.29 is 170 Å². The third-order valence-corrected chi connectivity index (χ3v) is 21.3. The number of carboxylic acids is 1. The monoisotopic (exact) mass is 2030 g/mol. The molecule has 8 aliphatic rings. The van der Waals surface area contributed by atoms with Crippen LogP contribution in [0.25, 0.3) is 22.6 Å². The molecule has 129 heavy (non-hydrogen) atoms. The minimum Gasteiger partial charge on any atom is -1.00 e. The van der Waals surface area contributed by atoms with E-state index in [0.29, 0.717) is 23.4 Å². The van der Waals surface area contributed by atoms with Crippen LogP contribution < -0.4 is 38.5 Å². The second-order valence-corrected chi connectivity index (χ2v) is 33.6. The normalized spacial score (nSPS) is 21.7. The number of aliphatic carboxylic acids is 1. The Kier molecular flexibility index (Phi) is 41.7. The van der Waals surface area contributed by atoms with Gasteiger partial charge in [0.25, 0.3) is 41.3 Å². The van der Waals surface area contributed by atoms with Gasteiger partial charge in [-0.25, -0.2) is 81.4 Å². The molecule has 5 saturated carbocycles. The molecule has 8 fully saturated rings. The summed E-state index contributed by atoms with van der Waals surface area (Å²) in [5, 5.41) is 35.8. The Morgan fingerprint density at radius 1 is 0.481 bits per heavy atom. The van der Waals surface area contributed by atoms with Crippen molar-refractivity contribution in [2.45, 2.75) is 235 Å². The van der Waals surface area contributed by atoms with E-state index in [1.807, 2.05) is 83.1 Å². The molecule has 3 saturated heterocycles. The maximum absolute atomic E-state index is 14.1. The smallest absolute Gasteiger partial charge is 1.00 e. The van der Waals surface area contributed by atoms with Crippen LogP contribution in [-0.2, 0) is 45.1 Å². The zero-order valence-electron chi connectivity index (χ0n) is 67.3. The van der Waals surface area contributed by atoms with Crippen molar-refractivity contribution in [2.24, 2.45) is 29.6 Å². The fourth-order valence-corrected chi connectivity index (χ4v) is 10.9. The number of ether oxygens (including phenoxy) is 3. The first-order chi connectivity index (χ1) is 55.4. The molecule has 24 nitrogen and oxygen atoms in total. The van der Waals surface area contributed by atoms with Gasteiger partial charge in [0.05, 0.1) is 89.4 Å². The number of pyridine rings is 4. The summed E-state index contributed by atoms with van der Waals surface area (Å²) in [6.45, 7) is 22.6. The molecule has 3 aliphatic heterocycles. The zero-order valence-corrected chi connectivity index (χ0v) is 70.3. The van der Waals surface area contributed by atoms with Crippen molar-refractivity contribution in [1.82, 2.24) is 59.6 Å². The van der Waals surface area contributed by atoms with Gasteiger partial charge in [-0.1, -0.05) is 56.2 Å². The standard InChI is InChI=1S/C15H19BF3NO3.C15H9F6N5O.C12H24B2O4.C9H7BrF3NO.C6H2ClF3N4.C5H2BrF2N.C4H4F2O2.C4H6F2O.6CH4.Al.Li.4H/c1-13(2)14(3,4)23-16(22-13)10-5-11(17)12(20-7-10)21-8-9-6-15(9,18)19;16-9-3-7(5-22-12(9)27-6-8-4-14(8,17)18)10-1-2-11-23-24-13(15(19,20)21)26(11)25-10;1-9(2)10(3,4)16-13(15-9)14-17-11(5,6)12(7,8)18-14;10-6-1-7(11)8(14-3-6)15-4-5-2-9(5,12)13;7-3-1-2-4-11-12-5(6(8,9)10)14(4)13-3;6-3-1-4(7)5(8)9-2-3;5-4(6)1-2(4)3(7)8;5-4(6)1-3(4)2-7;;;;;;;;;;;;/h5,7,9H,6,8H2,1-4H3;1-3,5,8H,4,6H2;1-8H3;1,3,5H,2,4H2;1-2H;1-2H;2H,1H2,(H,7,8);3,7H,1-2H2;6*1H4;;;;;;/q;;;;;;;;;;;;;;;+1;;;;-1. The number of rotatable bonds is 14. The average molecular weight is 2040 g/mol. The number of carboxylic acid groups (broad SMARTS) is 1. The Morgan fingerprint density at radius 2 is 0.806 bits per heavy atom. The number of halogens is 24. The summed E-state index contributed by atoms with van der Waals surface area (Å²) in [7, 11) is -1.68. The van der Waals surface area contributed by atoms with Crippen LogP contribution in [0.5, 0.6) is 17.6 Å². The molecular weight excluding hydrogens is 1930 g/mol. The minimum absolute atomic E-state index is 0. The minimum atomic E-state index is -4.77. The number of fused-ring (bicyclic) bond motifs is 2. The van der Waals surface area contributed by atoms with Crippen LogP contribution in [-0.4, -0.2) is 204 Å². The van der Waals surface area contributed by atoms with Crippen molar-refractivity contribution in [2.75, 3.05) is 26.4 Å². The maximum Gasteiger partial charge on any atom is 1.00 e. The van der Waals surface area contributed by atoms with Crippen LogP contribution in [0.2, 0.25) is 5.15 Å². The van der Waals surface area contributed by atoms with E-state index in [1.54, 1.807) is 0 Å². The number of alkyl halides is 16. The van der Waals surface area contributed by atoms with Crippen LogP contribution in [0.3, 0.4) is 0 Å². The Hall–Kier alpha value is -6.61. The predicted octanol–water partition coefficient (Wildman–Crippen LogP) is 16.2. The molecular formula is C76H101AlB3Br2ClF21LiN12O12. The van der Waals surface area contributed by atoms with E-state index in [1.165, 1.54) is 55.0 Å². The summed E-state index contributed by atoms with van der Waals surface area (Å²) >= 11 is 11.4. The summed E-state index contributed by atoms with van der Waals surface area (Å²) in [5.74, 6) is -27.6. The van der Waals surface area contributed by atoms with Crippen molar-refractivity contribution >= 4 is 105 Å². The Balaban J connectivity index is 0.00000150. The van der Waals surface area contributed by atoms with E-state index in [0.717, 1.165) is 18.3 Å². The molecule has 0 aromatic carbocycles. The van der Waals surface area contributed by atoms with Crippen LogP contribution >= 0.6 is 43.5 Å². The van der Waals surface area contributed by atoms with Crippen LogP contribution in [0.4, 0.5) is 92.2 Å². The Bertz CT molecular complexity index is 4960. The third-order valence-electron chi connectivity index (χ3n) is 20.2. The predicted molar refractivity (Wildman–Crippen MR) is 444 cm³/mol. The van der Waals surface area contributed by atoms with Gasteiger partial charge in [0.15, 0.2) is 51.9 Å². The summed E-state index contributed by atoms with van der Waals surface area (Å²) < 4.78 is 316. The van der Waals surface area contributed by atoms with E-state index < -0.39 is 163 Å². The number of aliphatic hydroxyl groups is 1. The van der Waals surface area contributed by atoms with Gasteiger partial charge in [0, 0.05) is 76.9 Å². The Labute approximate surface area is 777 Å². The van der Waals surface area contributed by atoms with E-state index in [-0.39, 0.29) is 196 Å². The summed E-state index contributed by atoms with van der Waals surface area (Å²) in [5.41, 5.74) is -2.18. The maximum atomic E-state index is 14.1. The van der Waals surface area contributed by atoms with Gasteiger partial charge >= 0.3 is 58.3 Å². The molecule has 5 atom stereocenters. The van der Waals surface area contributed by atoms with E-state index in [2.05, 4.69) is 82.4 Å².